The van der Waals surface area contributed by atoms with Crippen molar-refractivity contribution in [2.45, 2.75) is 18.9 Å². The molecule has 0 saturated carbocycles. The van der Waals surface area contributed by atoms with Crippen LogP contribution in [0, 0.1) is 0 Å². The van der Waals surface area contributed by atoms with Crippen LogP contribution in [0.3, 0.4) is 0 Å². The smallest absolute Gasteiger partial charge is 0.0722 e. The van der Waals surface area contributed by atoms with Crippen LogP contribution in [-0.4, -0.2) is 36.1 Å². The van der Waals surface area contributed by atoms with Gasteiger partial charge in [0.2, 0.25) is 0 Å². The lowest BCUT2D eigenvalue weighted by atomic mass is 10.1. The summed E-state index contributed by atoms with van der Waals surface area (Å²) in [4.78, 5) is 6.89. The SMILES string of the molecule is BrCCOC1CCN(c2ccnc3ccccc23)CC1. The van der Waals surface area contributed by atoms with Gasteiger partial charge in [-0.1, -0.05) is 34.1 Å². The lowest BCUT2D eigenvalue weighted by Gasteiger charge is -2.34. The fourth-order valence-electron chi connectivity index (χ4n) is 2.83. The molecule has 106 valence electrons. The molecular weight excluding hydrogens is 316 g/mol. The average molecular weight is 335 g/mol. The van der Waals surface area contributed by atoms with Crippen molar-refractivity contribution in [1.29, 1.82) is 0 Å². The maximum absolute atomic E-state index is 5.82. The molecule has 3 nitrogen and oxygen atoms in total. The van der Waals surface area contributed by atoms with Crippen molar-refractivity contribution in [1.82, 2.24) is 4.98 Å². The number of halogens is 1. The minimum atomic E-state index is 0.414. The van der Waals surface area contributed by atoms with E-state index in [1.807, 2.05) is 12.3 Å². The van der Waals surface area contributed by atoms with Crippen LogP contribution in [0.15, 0.2) is 36.5 Å². The van der Waals surface area contributed by atoms with Crippen molar-refractivity contribution in [3.05, 3.63) is 36.5 Å². The quantitative estimate of drug-likeness (QED) is 0.798. The third-order valence-electron chi connectivity index (χ3n) is 3.84. The standard InChI is InChI=1S/C16H19BrN2O/c17-8-12-20-13-6-10-19(11-7-13)16-5-9-18-15-4-2-1-3-14(15)16/h1-5,9,13H,6-8,10-12H2. The number of hydrogen-bond donors (Lipinski definition) is 0. The number of nitrogens with zero attached hydrogens (tertiary/aromatic N) is 2. The molecule has 1 aromatic carbocycles. The highest BCUT2D eigenvalue weighted by Crippen LogP contribution is 2.28. The minimum Gasteiger partial charge on any atom is -0.377 e. The van der Waals surface area contributed by atoms with Gasteiger partial charge in [-0.3, -0.25) is 4.98 Å². The summed E-state index contributed by atoms with van der Waals surface area (Å²) in [5.74, 6) is 0. The first-order valence-electron chi connectivity index (χ1n) is 7.15. The summed E-state index contributed by atoms with van der Waals surface area (Å²) in [7, 11) is 0. The maximum atomic E-state index is 5.82. The van der Waals surface area contributed by atoms with Gasteiger partial charge in [0.1, 0.15) is 0 Å². The zero-order valence-corrected chi connectivity index (χ0v) is 13.1. The molecule has 1 aliphatic heterocycles. The summed E-state index contributed by atoms with van der Waals surface area (Å²) in [6.45, 7) is 2.92. The van der Waals surface area contributed by atoms with E-state index in [1.165, 1.54) is 11.1 Å². The molecule has 2 aromatic rings. The molecule has 0 unspecified atom stereocenters. The largest absolute Gasteiger partial charge is 0.377 e. The number of alkyl halides is 1. The Hall–Kier alpha value is -1.13. The molecule has 20 heavy (non-hydrogen) atoms. The molecule has 3 rings (SSSR count). The van der Waals surface area contributed by atoms with E-state index in [2.05, 4.69) is 50.1 Å². The molecule has 0 bridgehead atoms. The summed E-state index contributed by atoms with van der Waals surface area (Å²) in [6.07, 6.45) is 4.52. The van der Waals surface area contributed by atoms with Gasteiger partial charge in [-0.2, -0.15) is 0 Å². The van der Waals surface area contributed by atoms with Gasteiger partial charge >= 0.3 is 0 Å². The number of ether oxygens (including phenoxy) is 1. The monoisotopic (exact) mass is 334 g/mol. The van der Waals surface area contributed by atoms with Gasteiger partial charge in [-0.05, 0) is 25.0 Å². The van der Waals surface area contributed by atoms with Crippen molar-refractivity contribution >= 4 is 32.5 Å². The van der Waals surface area contributed by atoms with Crippen molar-refractivity contribution < 1.29 is 4.74 Å². The van der Waals surface area contributed by atoms with Crippen LogP contribution in [0.2, 0.25) is 0 Å². The Morgan fingerprint density at radius 1 is 1.20 bits per heavy atom. The first-order valence-corrected chi connectivity index (χ1v) is 8.27. The number of hydrogen-bond acceptors (Lipinski definition) is 3. The Morgan fingerprint density at radius 3 is 2.80 bits per heavy atom. The number of benzene rings is 1. The number of fused-ring (bicyclic) bond motifs is 1. The molecule has 0 spiro atoms. The third kappa shape index (κ3) is 2.96. The molecule has 0 atom stereocenters. The van der Waals surface area contributed by atoms with Crippen molar-refractivity contribution in [3.63, 3.8) is 0 Å². The average Bonchev–Trinajstić information content (AvgIpc) is 2.53. The van der Waals surface area contributed by atoms with E-state index < -0.39 is 0 Å². The summed E-state index contributed by atoms with van der Waals surface area (Å²) in [5.41, 5.74) is 2.37. The van der Waals surface area contributed by atoms with Crippen molar-refractivity contribution in [2.24, 2.45) is 0 Å². The van der Waals surface area contributed by atoms with Crippen LogP contribution in [0.5, 0.6) is 0 Å². The minimum absolute atomic E-state index is 0.414. The van der Waals surface area contributed by atoms with Gasteiger partial charge in [0.15, 0.2) is 0 Å². The predicted octanol–water partition coefficient (Wildman–Crippen LogP) is 3.62. The summed E-state index contributed by atoms with van der Waals surface area (Å²) in [5, 5.41) is 2.16. The molecule has 1 aliphatic rings. The van der Waals surface area contributed by atoms with Gasteiger partial charge in [-0.15, -0.1) is 0 Å². The molecule has 2 heterocycles. The molecule has 0 amide bonds. The van der Waals surface area contributed by atoms with E-state index in [-0.39, 0.29) is 0 Å². The second-order valence-electron chi connectivity index (χ2n) is 5.09. The van der Waals surface area contributed by atoms with Gasteiger partial charge < -0.3 is 9.64 Å². The summed E-state index contributed by atoms with van der Waals surface area (Å²) < 4.78 is 5.82. The van der Waals surface area contributed by atoms with Crippen LogP contribution in [0.1, 0.15) is 12.8 Å². The number of anilines is 1. The highest BCUT2D eigenvalue weighted by atomic mass is 79.9. The Kier molecular flexibility index (Phi) is 4.53. The Bertz CT molecular complexity index is 562. The van der Waals surface area contributed by atoms with Gasteiger partial charge in [0.25, 0.3) is 0 Å². The molecule has 1 aromatic heterocycles. The lowest BCUT2D eigenvalue weighted by molar-refractivity contribution is 0.0481. The Morgan fingerprint density at radius 2 is 2.00 bits per heavy atom. The first kappa shape index (κ1) is 13.8. The normalized spacial score (nSPS) is 16.8. The predicted molar refractivity (Wildman–Crippen MR) is 86.7 cm³/mol. The number of aromatic nitrogens is 1. The number of rotatable bonds is 4. The van der Waals surface area contributed by atoms with Crippen LogP contribution in [-0.2, 0) is 4.74 Å². The van der Waals surface area contributed by atoms with E-state index in [9.17, 15) is 0 Å². The van der Waals surface area contributed by atoms with E-state index in [1.54, 1.807) is 0 Å². The van der Waals surface area contributed by atoms with Crippen molar-refractivity contribution in [3.8, 4) is 0 Å². The van der Waals surface area contributed by atoms with Gasteiger partial charge in [-0.25, -0.2) is 0 Å². The zero-order chi connectivity index (χ0) is 13.8. The van der Waals surface area contributed by atoms with Crippen LogP contribution in [0.4, 0.5) is 5.69 Å². The Labute approximate surface area is 128 Å². The number of para-hydroxylation sites is 1. The highest BCUT2D eigenvalue weighted by molar-refractivity contribution is 9.09. The third-order valence-corrected chi connectivity index (χ3v) is 4.16. The van der Waals surface area contributed by atoms with Crippen LogP contribution < -0.4 is 4.90 Å². The molecule has 1 saturated heterocycles. The van der Waals surface area contributed by atoms with Crippen LogP contribution in [0.25, 0.3) is 10.9 Å². The molecule has 0 N–H and O–H groups in total. The van der Waals surface area contributed by atoms with Gasteiger partial charge in [0, 0.05) is 35.7 Å². The number of pyridine rings is 1. The first-order chi connectivity index (χ1) is 9.88. The summed E-state index contributed by atoms with van der Waals surface area (Å²) in [6, 6.07) is 10.5. The van der Waals surface area contributed by atoms with Crippen molar-refractivity contribution in [2.75, 3.05) is 29.9 Å². The van der Waals surface area contributed by atoms with E-state index >= 15 is 0 Å². The van der Waals surface area contributed by atoms with E-state index in [0.29, 0.717) is 6.10 Å². The second kappa shape index (κ2) is 6.55. The van der Waals surface area contributed by atoms with Gasteiger partial charge in [0.05, 0.1) is 18.2 Å². The van der Waals surface area contributed by atoms with Crippen LogP contribution >= 0.6 is 15.9 Å². The number of piperidine rings is 1. The lowest BCUT2D eigenvalue weighted by Crippen LogP contribution is -2.37. The molecule has 0 radical (unpaired) electrons. The fourth-order valence-corrected chi connectivity index (χ4v) is 3.02. The molecule has 0 aliphatic carbocycles. The Balaban J connectivity index is 1.74. The van der Waals surface area contributed by atoms with E-state index in [0.717, 1.165) is 43.4 Å². The fraction of sp³-hybridized carbons (Fsp3) is 0.438. The summed E-state index contributed by atoms with van der Waals surface area (Å²) >= 11 is 3.41. The maximum Gasteiger partial charge on any atom is 0.0722 e. The zero-order valence-electron chi connectivity index (χ0n) is 11.5. The molecule has 4 heteroatoms. The topological polar surface area (TPSA) is 25.4 Å². The highest BCUT2D eigenvalue weighted by Gasteiger charge is 2.20. The molecule has 1 fully saturated rings. The molecular formula is C16H19BrN2O. The van der Waals surface area contributed by atoms with E-state index in [4.69, 9.17) is 4.74 Å². The second-order valence-corrected chi connectivity index (χ2v) is 5.89.